The molecule has 4 heteroatoms. The predicted octanol–water partition coefficient (Wildman–Crippen LogP) is 2.70. The van der Waals surface area contributed by atoms with E-state index >= 15 is 0 Å². The number of aliphatic imine (C=N–C) groups is 1. The van der Waals surface area contributed by atoms with Crippen molar-refractivity contribution in [3.05, 3.63) is 59.2 Å². The molecule has 0 unspecified atom stereocenters. The average Bonchev–Trinajstić information content (AvgIpc) is 2.54. The third kappa shape index (κ3) is 2.68. The van der Waals surface area contributed by atoms with E-state index in [-0.39, 0.29) is 0 Å². The largest absolute Gasteiger partial charge is 0.383 e. The molecule has 1 aromatic carbocycles. The van der Waals surface area contributed by atoms with Crippen molar-refractivity contribution < 1.29 is 0 Å². The van der Waals surface area contributed by atoms with Gasteiger partial charge in [-0.15, -0.1) is 0 Å². The van der Waals surface area contributed by atoms with E-state index in [1.165, 1.54) is 5.56 Å². The highest BCUT2D eigenvalue weighted by atomic mass is 15.2. The molecule has 1 heterocycles. The summed E-state index contributed by atoms with van der Waals surface area (Å²) in [5.74, 6) is 0.477. The molecular weight excluding hydrogens is 260 g/mol. The Morgan fingerprint density at radius 3 is 2.86 bits per heavy atom. The molecule has 0 saturated carbocycles. The van der Waals surface area contributed by atoms with Gasteiger partial charge in [-0.2, -0.15) is 5.26 Å². The lowest BCUT2D eigenvalue weighted by atomic mass is 9.99. The number of fused-ring (bicyclic) bond motifs is 1. The zero-order valence-corrected chi connectivity index (χ0v) is 11.9. The van der Waals surface area contributed by atoms with Crippen molar-refractivity contribution in [2.75, 3.05) is 6.54 Å². The van der Waals surface area contributed by atoms with Crippen molar-refractivity contribution in [3.63, 3.8) is 0 Å². The first-order valence-electron chi connectivity index (χ1n) is 7.29. The molecule has 1 aliphatic carbocycles. The van der Waals surface area contributed by atoms with E-state index in [1.54, 1.807) is 0 Å². The summed E-state index contributed by atoms with van der Waals surface area (Å²) >= 11 is 0. The summed E-state index contributed by atoms with van der Waals surface area (Å²) in [6.45, 7) is 0.770. The Bertz CT molecular complexity index is 662. The summed E-state index contributed by atoms with van der Waals surface area (Å²) in [6, 6.07) is 12.4. The summed E-state index contributed by atoms with van der Waals surface area (Å²) in [6.07, 6.45) is 6.14. The zero-order chi connectivity index (χ0) is 14.7. The Hall–Kier alpha value is -2.54. The molecule has 0 radical (unpaired) electrons. The van der Waals surface area contributed by atoms with Crippen molar-refractivity contribution in [1.29, 1.82) is 5.26 Å². The summed E-state index contributed by atoms with van der Waals surface area (Å²) in [5, 5.41) is 9.21. The minimum absolute atomic E-state index is 0.345. The SMILES string of the molecule is N#CC1=C(N)N(CCc2ccccc2)C2=CCCCC2=N1. The molecule has 0 spiro atoms. The molecule has 0 aromatic heterocycles. The van der Waals surface area contributed by atoms with Gasteiger partial charge in [0.1, 0.15) is 11.9 Å². The molecule has 3 rings (SSSR count). The number of hydrogen-bond donors (Lipinski definition) is 1. The first-order valence-corrected chi connectivity index (χ1v) is 7.29. The van der Waals surface area contributed by atoms with Crippen LogP contribution in [0, 0.1) is 11.3 Å². The van der Waals surface area contributed by atoms with Crippen molar-refractivity contribution in [3.8, 4) is 6.07 Å². The summed E-state index contributed by atoms with van der Waals surface area (Å²) in [5.41, 5.74) is 9.84. The van der Waals surface area contributed by atoms with Crippen LogP contribution in [0.25, 0.3) is 0 Å². The Morgan fingerprint density at radius 1 is 1.29 bits per heavy atom. The maximum Gasteiger partial charge on any atom is 0.181 e. The highest BCUT2D eigenvalue weighted by Gasteiger charge is 2.26. The second-order valence-electron chi connectivity index (χ2n) is 5.27. The fraction of sp³-hybridized carbons (Fsp3) is 0.294. The lowest BCUT2D eigenvalue weighted by Crippen LogP contribution is -2.37. The molecule has 0 bridgehead atoms. The topological polar surface area (TPSA) is 65.4 Å². The Kier molecular flexibility index (Phi) is 3.74. The van der Waals surface area contributed by atoms with Gasteiger partial charge in [-0.3, -0.25) is 0 Å². The van der Waals surface area contributed by atoms with Gasteiger partial charge in [0.2, 0.25) is 0 Å². The van der Waals surface area contributed by atoms with Gasteiger partial charge < -0.3 is 10.6 Å². The minimum Gasteiger partial charge on any atom is -0.383 e. The third-order valence-electron chi connectivity index (χ3n) is 3.89. The summed E-state index contributed by atoms with van der Waals surface area (Å²) in [7, 11) is 0. The minimum atomic E-state index is 0.345. The number of benzene rings is 1. The van der Waals surface area contributed by atoms with Gasteiger partial charge in [0.15, 0.2) is 5.70 Å². The Labute approximate surface area is 124 Å². The van der Waals surface area contributed by atoms with Crippen LogP contribution < -0.4 is 5.73 Å². The highest BCUT2D eigenvalue weighted by Crippen LogP contribution is 2.27. The molecule has 1 aliphatic heterocycles. The van der Waals surface area contributed by atoms with E-state index in [4.69, 9.17) is 5.73 Å². The second-order valence-corrected chi connectivity index (χ2v) is 5.27. The summed E-state index contributed by atoms with van der Waals surface area (Å²) < 4.78 is 0. The number of allylic oxidation sites excluding steroid dienone is 3. The zero-order valence-electron chi connectivity index (χ0n) is 11.9. The maximum absolute atomic E-state index is 9.21. The predicted molar refractivity (Wildman–Crippen MR) is 83.0 cm³/mol. The molecule has 0 fully saturated rings. The van der Waals surface area contributed by atoms with Gasteiger partial charge in [-0.05, 0) is 31.2 Å². The number of rotatable bonds is 3. The molecule has 0 atom stereocenters. The van der Waals surface area contributed by atoms with Gasteiger partial charge in [0, 0.05) is 6.54 Å². The maximum atomic E-state index is 9.21. The highest BCUT2D eigenvalue weighted by molar-refractivity contribution is 6.02. The molecule has 21 heavy (non-hydrogen) atoms. The average molecular weight is 278 g/mol. The van der Waals surface area contributed by atoms with E-state index in [0.29, 0.717) is 11.5 Å². The first-order chi connectivity index (χ1) is 10.3. The Morgan fingerprint density at radius 2 is 2.10 bits per heavy atom. The van der Waals surface area contributed by atoms with Gasteiger partial charge in [-0.1, -0.05) is 36.4 Å². The summed E-state index contributed by atoms with van der Waals surface area (Å²) in [4.78, 5) is 6.46. The van der Waals surface area contributed by atoms with Crippen molar-refractivity contribution in [2.24, 2.45) is 10.7 Å². The van der Waals surface area contributed by atoms with Crippen LogP contribution in [0.5, 0.6) is 0 Å². The molecule has 0 saturated heterocycles. The molecule has 0 amide bonds. The molecule has 2 N–H and O–H groups in total. The van der Waals surface area contributed by atoms with Crippen LogP contribution in [0.3, 0.4) is 0 Å². The van der Waals surface area contributed by atoms with Crippen LogP contribution in [-0.2, 0) is 6.42 Å². The molecule has 1 aromatic rings. The fourth-order valence-electron chi connectivity index (χ4n) is 2.79. The lowest BCUT2D eigenvalue weighted by molar-refractivity contribution is 0.428. The van der Waals surface area contributed by atoms with Gasteiger partial charge in [0.25, 0.3) is 0 Å². The van der Waals surface area contributed by atoms with Crippen LogP contribution in [0.2, 0.25) is 0 Å². The van der Waals surface area contributed by atoms with Gasteiger partial charge in [0.05, 0.1) is 11.4 Å². The van der Waals surface area contributed by atoms with Crippen molar-refractivity contribution in [1.82, 2.24) is 4.90 Å². The quantitative estimate of drug-likeness (QED) is 0.924. The Balaban J connectivity index is 1.85. The second kappa shape index (κ2) is 5.84. The standard InChI is InChI=1S/C17H18N4/c18-12-15-17(19)21(11-10-13-6-2-1-3-7-13)16-9-5-4-8-14(16)20-15/h1-3,6-7,9H,4-5,8,10-11,19H2. The van der Waals surface area contributed by atoms with E-state index in [2.05, 4.69) is 29.3 Å². The third-order valence-corrected chi connectivity index (χ3v) is 3.89. The van der Waals surface area contributed by atoms with Crippen LogP contribution in [0.4, 0.5) is 0 Å². The fourth-order valence-corrected chi connectivity index (χ4v) is 2.79. The first kappa shape index (κ1) is 13.4. The number of nitriles is 1. The molecular formula is C17H18N4. The molecule has 106 valence electrons. The van der Waals surface area contributed by atoms with Crippen LogP contribution in [0.15, 0.2) is 58.6 Å². The number of nitrogens with two attached hydrogens (primary N) is 1. The smallest absolute Gasteiger partial charge is 0.181 e. The van der Waals surface area contributed by atoms with Crippen LogP contribution in [0.1, 0.15) is 24.8 Å². The van der Waals surface area contributed by atoms with E-state index < -0.39 is 0 Å². The van der Waals surface area contributed by atoms with Crippen LogP contribution >= 0.6 is 0 Å². The normalized spacial score (nSPS) is 17.8. The van der Waals surface area contributed by atoms with Crippen molar-refractivity contribution >= 4 is 5.71 Å². The van der Waals surface area contributed by atoms with E-state index in [1.807, 2.05) is 23.1 Å². The van der Waals surface area contributed by atoms with E-state index in [9.17, 15) is 5.26 Å². The van der Waals surface area contributed by atoms with Crippen molar-refractivity contribution in [2.45, 2.75) is 25.7 Å². The monoisotopic (exact) mass is 278 g/mol. The van der Waals surface area contributed by atoms with Gasteiger partial charge in [-0.25, -0.2) is 4.99 Å². The van der Waals surface area contributed by atoms with Gasteiger partial charge >= 0.3 is 0 Å². The molecule has 2 aliphatic rings. The number of hydrogen-bond acceptors (Lipinski definition) is 4. The molecule has 4 nitrogen and oxygen atoms in total. The number of nitrogens with zero attached hydrogens (tertiary/aromatic N) is 3. The van der Waals surface area contributed by atoms with E-state index in [0.717, 1.165) is 43.6 Å². The van der Waals surface area contributed by atoms with Crippen LogP contribution in [-0.4, -0.2) is 17.2 Å². The lowest BCUT2D eigenvalue weighted by Gasteiger charge is -2.33.